The van der Waals surface area contributed by atoms with Crippen LogP contribution in [-0.4, -0.2) is 41.5 Å². The molecular weight excluding hydrogens is 346 g/mol. The molecule has 27 heavy (non-hydrogen) atoms. The maximum Gasteiger partial charge on any atom is 0.463 e. The van der Waals surface area contributed by atoms with Crippen molar-refractivity contribution in [1.29, 1.82) is 0 Å². The largest absolute Gasteiger partial charge is 0.497 e. The fraction of sp³-hybridized carbons (Fsp3) is 0.250. The normalized spacial score (nSPS) is 11.1. The van der Waals surface area contributed by atoms with Crippen LogP contribution in [0.15, 0.2) is 54.6 Å². The lowest BCUT2D eigenvalue weighted by Crippen LogP contribution is -2.42. The molecule has 0 unspecified atom stereocenters. The highest BCUT2D eigenvalue weighted by Crippen LogP contribution is 2.25. The van der Waals surface area contributed by atoms with E-state index in [1.165, 1.54) is 4.90 Å². The van der Waals surface area contributed by atoms with Gasteiger partial charge in [-0.2, -0.15) is 4.79 Å². The van der Waals surface area contributed by atoms with Gasteiger partial charge in [-0.1, -0.05) is 42.5 Å². The predicted molar refractivity (Wildman–Crippen MR) is 99.0 cm³/mol. The van der Waals surface area contributed by atoms with Gasteiger partial charge in [0.2, 0.25) is 0 Å². The van der Waals surface area contributed by atoms with Gasteiger partial charge >= 0.3 is 17.6 Å². The van der Waals surface area contributed by atoms with Crippen LogP contribution in [0.25, 0.3) is 5.53 Å². The Labute approximate surface area is 157 Å². The Bertz CT molecular complexity index is 843. The second kappa shape index (κ2) is 9.31. The summed E-state index contributed by atoms with van der Waals surface area (Å²) in [6, 6.07) is 16.2. The monoisotopic (exact) mass is 367 g/mol. The first-order chi connectivity index (χ1) is 13.0. The van der Waals surface area contributed by atoms with Gasteiger partial charge in [-0.05, 0) is 30.2 Å². The van der Waals surface area contributed by atoms with Crippen molar-refractivity contribution in [2.24, 2.45) is 0 Å². The molecule has 0 fully saturated rings. The summed E-state index contributed by atoms with van der Waals surface area (Å²) in [6.45, 7) is 2.05. The Hall–Kier alpha value is -3.44. The van der Waals surface area contributed by atoms with E-state index in [9.17, 15) is 9.59 Å². The predicted octanol–water partition coefficient (Wildman–Crippen LogP) is 2.63. The summed E-state index contributed by atoms with van der Waals surface area (Å²) in [6.07, 6.45) is 0. The first-order valence-electron chi connectivity index (χ1n) is 8.31. The number of hydrogen-bond acceptors (Lipinski definition) is 4. The molecule has 0 radical (unpaired) electrons. The molecule has 7 nitrogen and oxygen atoms in total. The zero-order valence-corrected chi connectivity index (χ0v) is 15.5. The van der Waals surface area contributed by atoms with Gasteiger partial charge in [-0.25, -0.2) is 4.79 Å². The van der Waals surface area contributed by atoms with Gasteiger partial charge in [0.25, 0.3) is 0 Å². The number of benzene rings is 2. The third-order valence-corrected chi connectivity index (χ3v) is 4.20. The number of hydrogen-bond donors (Lipinski definition) is 0. The number of ether oxygens (including phenoxy) is 2. The van der Waals surface area contributed by atoms with Crippen LogP contribution >= 0.6 is 0 Å². The SMILES string of the molecule is COC(=O)C(=[N+]=[N-])C(=O)N(Cc1ccccc1)[C@@H](C)c1ccc(OC)cc1. The highest BCUT2D eigenvalue weighted by Gasteiger charge is 2.37. The molecule has 0 aliphatic carbocycles. The molecule has 0 bridgehead atoms. The summed E-state index contributed by atoms with van der Waals surface area (Å²) < 4.78 is 9.71. The summed E-state index contributed by atoms with van der Waals surface area (Å²) in [7, 11) is 2.69. The fourth-order valence-electron chi connectivity index (χ4n) is 2.63. The Morgan fingerprint density at radius 3 is 2.22 bits per heavy atom. The van der Waals surface area contributed by atoms with E-state index in [0.29, 0.717) is 5.75 Å². The zero-order chi connectivity index (χ0) is 19.8. The topological polar surface area (TPSA) is 92.2 Å². The Kier molecular flexibility index (Phi) is 6.86. The number of rotatable bonds is 7. The molecule has 2 aromatic rings. The van der Waals surface area contributed by atoms with E-state index in [2.05, 4.69) is 9.53 Å². The number of esters is 1. The molecule has 0 heterocycles. The molecule has 0 saturated heterocycles. The van der Waals surface area contributed by atoms with Crippen molar-refractivity contribution < 1.29 is 23.9 Å². The van der Waals surface area contributed by atoms with Gasteiger partial charge < -0.3 is 19.9 Å². The molecule has 0 aliphatic rings. The van der Waals surface area contributed by atoms with Gasteiger partial charge in [0.1, 0.15) is 5.75 Å². The summed E-state index contributed by atoms with van der Waals surface area (Å²) in [5, 5.41) is 0. The molecule has 2 rings (SSSR count). The van der Waals surface area contributed by atoms with Crippen LogP contribution in [0.3, 0.4) is 0 Å². The molecule has 140 valence electrons. The minimum atomic E-state index is -0.998. The first-order valence-corrected chi connectivity index (χ1v) is 8.31. The molecule has 0 aromatic heterocycles. The lowest BCUT2D eigenvalue weighted by Gasteiger charge is -2.28. The Morgan fingerprint density at radius 2 is 1.70 bits per heavy atom. The van der Waals surface area contributed by atoms with Crippen molar-refractivity contribution in [3.05, 3.63) is 71.3 Å². The standard InChI is InChI=1S/C20H21N3O4/c1-14(16-9-11-17(26-2)12-10-16)23(13-15-7-5-4-6-8-15)19(24)18(22-21)20(25)27-3/h4-12,14H,13H2,1-3H3/t14-/m0/s1. The van der Waals surface area contributed by atoms with E-state index in [1.54, 1.807) is 19.2 Å². The average Bonchev–Trinajstić information content (AvgIpc) is 2.72. The van der Waals surface area contributed by atoms with E-state index in [1.807, 2.05) is 49.4 Å². The van der Waals surface area contributed by atoms with Crippen LogP contribution in [0.5, 0.6) is 5.75 Å². The van der Waals surface area contributed by atoms with Crippen LogP contribution < -0.4 is 4.74 Å². The molecule has 0 saturated carbocycles. The van der Waals surface area contributed by atoms with Crippen LogP contribution in [0, 0.1) is 0 Å². The van der Waals surface area contributed by atoms with Crippen molar-refractivity contribution in [3.8, 4) is 5.75 Å². The third-order valence-electron chi connectivity index (χ3n) is 4.20. The van der Waals surface area contributed by atoms with Crippen molar-refractivity contribution in [2.75, 3.05) is 14.2 Å². The van der Waals surface area contributed by atoms with Gasteiger partial charge in [0.05, 0.1) is 20.3 Å². The smallest absolute Gasteiger partial charge is 0.463 e. The number of carbonyl (C=O) groups is 2. The molecule has 0 aliphatic heterocycles. The second-order valence-corrected chi connectivity index (χ2v) is 5.81. The molecule has 2 aromatic carbocycles. The summed E-state index contributed by atoms with van der Waals surface area (Å²) in [5.41, 5.74) is 10.2. The minimum Gasteiger partial charge on any atom is -0.497 e. The van der Waals surface area contributed by atoms with Crippen molar-refractivity contribution in [1.82, 2.24) is 4.90 Å². The van der Waals surface area contributed by atoms with Crippen LogP contribution in [0.4, 0.5) is 0 Å². The van der Waals surface area contributed by atoms with E-state index >= 15 is 0 Å². The average molecular weight is 367 g/mol. The Morgan fingerprint density at radius 1 is 1.07 bits per heavy atom. The maximum atomic E-state index is 12.9. The van der Waals surface area contributed by atoms with Gasteiger partial charge in [0, 0.05) is 6.54 Å². The van der Waals surface area contributed by atoms with E-state index in [0.717, 1.165) is 18.2 Å². The summed E-state index contributed by atoms with van der Waals surface area (Å²) >= 11 is 0. The van der Waals surface area contributed by atoms with Gasteiger partial charge in [-0.3, -0.25) is 4.79 Å². The lowest BCUT2D eigenvalue weighted by atomic mass is 10.0. The molecule has 1 atom stereocenters. The Balaban J connectivity index is 2.40. The molecular formula is C20H21N3O4. The molecule has 0 spiro atoms. The van der Waals surface area contributed by atoms with Gasteiger partial charge in [-0.15, -0.1) is 0 Å². The molecule has 0 N–H and O–H groups in total. The second-order valence-electron chi connectivity index (χ2n) is 5.81. The van der Waals surface area contributed by atoms with Crippen LogP contribution in [0.1, 0.15) is 24.1 Å². The van der Waals surface area contributed by atoms with Crippen molar-refractivity contribution in [3.63, 3.8) is 0 Å². The van der Waals surface area contributed by atoms with E-state index in [-0.39, 0.29) is 6.54 Å². The summed E-state index contributed by atoms with van der Waals surface area (Å²) in [4.78, 5) is 29.0. The highest BCUT2D eigenvalue weighted by atomic mass is 16.5. The fourth-order valence-corrected chi connectivity index (χ4v) is 2.63. The van der Waals surface area contributed by atoms with Crippen molar-refractivity contribution >= 4 is 17.6 Å². The quantitative estimate of drug-likeness (QED) is 0.247. The van der Waals surface area contributed by atoms with Gasteiger partial charge in [0.15, 0.2) is 0 Å². The summed E-state index contributed by atoms with van der Waals surface area (Å²) in [5.74, 6) is -1.03. The number of amides is 1. The zero-order valence-electron chi connectivity index (χ0n) is 15.5. The molecule has 7 heteroatoms. The van der Waals surface area contributed by atoms with E-state index < -0.39 is 23.6 Å². The van der Waals surface area contributed by atoms with Crippen LogP contribution in [0.2, 0.25) is 0 Å². The number of carbonyl (C=O) groups excluding carboxylic acids is 2. The lowest BCUT2D eigenvalue weighted by molar-refractivity contribution is -0.143. The van der Waals surface area contributed by atoms with Crippen LogP contribution in [-0.2, 0) is 20.9 Å². The first kappa shape index (κ1) is 19.9. The van der Waals surface area contributed by atoms with Crippen molar-refractivity contribution in [2.45, 2.75) is 19.5 Å². The maximum absolute atomic E-state index is 12.9. The van der Waals surface area contributed by atoms with E-state index in [4.69, 9.17) is 10.3 Å². The third kappa shape index (κ3) is 4.80. The minimum absolute atomic E-state index is 0.225. The highest BCUT2D eigenvalue weighted by molar-refractivity contribution is 6.61. The molecule has 1 amide bonds. The number of nitrogens with zero attached hydrogens (tertiary/aromatic N) is 3. The number of methoxy groups -OCH3 is 2.